The number of hydrogen-bond acceptors (Lipinski definition) is 4. The molecule has 0 bridgehead atoms. The number of amides is 1. The summed E-state index contributed by atoms with van der Waals surface area (Å²) in [6, 6.07) is 5.36. The molecule has 23 heavy (non-hydrogen) atoms. The molecule has 2 rings (SSSR count). The number of carbonyl (C=O) groups excluding carboxylic acids is 1. The highest BCUT2D eigenvalue weighted by Crippen LogP contribution is 2.23. The van der Waals surface area contributed by atoms with E-state index in [-0.39, 0.29) is 17.9 Å². The number of nitrogens with one attached hydrogen (secondary N) is 2. The highest BCUT2D eigenvalue weighted by Gasteiger charge is 2.09. The molecule has 0 aliphatic heterocycles. The zero-order chi connectivity index (χ0) is 17.0. The minimum Gasteiger partial charge on any atom is -0.382 e. The average Bonchev–Trinajstić information content (AvgIpc) is 2.52. The van der Waals surface area contributed by atoms with Crippen LogP contribution in [-0.4, -0.2) is 22.2 Å². The van der Waals surface area contributed by atoms with Crippen molar-refractivity contribution in [3.63, 3.8) is 0 Å². The molecule has 0 saturated carbocycles. The first-order valence-corrected chi connectivity index (χ1v) is 8.08. The van der Waals surface area contributed by atoms with E-state index in [0.29, 0.717) is 27.4 Å². The van der Waals surface area contributed by atoms with E-state index < -0.39 is 0 Å². The van der Waals surface area contributed by atoms with Crippen LogP contribution in [0, 0.1) is 6.92 Å². The third kappa shape index (κ3) is 4.33. The van der Waals surface area contributed by atoms with Gasteiger partial charge in [0.15, 0.2) is 0 Å². The zero-order valence-electron chi connectivity index (χ0n) is 12.7. The van der Waals surface area contributed by atoms with Crippen LogP contribution in [0.2, 0.25) is 5.02 Å². The summed E-state index contributed by atoms with van der Waals surface area (Å²) in [6.07, 6.45) is 1.78. The van der Waals surface area contributed by atoms with Crippen molar-refractivity contribution >= 4 is 44.8 Å². The van der Waals surface area contributed by atoms with Crippen LogP contribution in [0.3, 0.4) is 0 Å². The minimum absolute atomic E-state index is 0.143. The van der Waals surface area contributed by atoms with Gasteiger partial charge in [-0.05, 0) is 40.5 Å². The standard InChI is InChI=1S/C15H16BrClN4O2/c1-9-10(17)4-3-5-11(9)20-13(22)6-7-18-12-8-19-21(2)15(23)14(12)16/h3-5,8,18H,6-7H2,1-2H3,(H,20,22). The van der Waals surface area contributed by atoms with Crippen molar-refractivity contribution in [3.8, 4) is 0 Å². The molecule has 0 spiro atoms. The third-order valence-corrected chi connectivity index (χ3v) is 4.46. The van der Waals surface area contributed by atoms with Crippen molar-refractivity contribution in [2.24, 2.45) is 7.05 Å². The fourth-order valence-corrected chi connectivity index (χ4v) is 2.57. The van der Waals surface area contributed by atoms with E-state index in [2.05, 4.69) is 31.7 Å². The van der Waals surface area contributed by atoms with Crippen molar-refractivity contribution in [2.45, 2.75) is 13.3 Å². The number of anilines is 2. The maximum absolute atomic E-state index is 12.0. The highest BCUT2D eigenvalue weighted by atomic mass is 79.9. The second-order valence-electron chi connectivity index (χ2n) is 4.94. The normalized spacial score (nSPS) is 10.4. The number of hydrogen-bond donors (Lipinski definition) is 2. The Morgan fingerprint density at radius 3 is 2.87 bits per heavy atom. The quantitative estimate of drug-likeness (QED) is 0.810. The molecule has 2 aromatic rings. The van der Waals surface area contributed by atoms with Gasteiger partial charge in [-0.15, -0.1) is 0 Å². The Balaban J connectivity index is 1.92. The molecule has 0 aliphatic carbocycles. The van der Waals surface area contributed by atoms with Gasteiger partial charge in [-0.1, -0.05) is 17.7 Å². The van der Waals surface area contributed by atoms with Gasteiger partial charge in [0.1, 0.15) is 4.47 Å². The lowest BCUT2D eigenvalue weighted by molar-refractivity contribution is -0.115. The Bertz CT molecular complexity index is 792. The lowest BCUT2D eigenvalue weighted by Gasteiger charge is -2.11. The molecule has 0 fully saturated rings. The maximum Gasteiger partial charge on any atom is 0.282 e. The molecule has 2 N–H and O–H groups in total. The van der Waals surface area contributed by atoms with Crippen LogP contribution in [0.1, 0.15) is 12.0 Å². The van der Waals surface area contributed by atoms with Gasteiger partial charge in [0, 0.05) is 30.7 Å². The molecule has 8 heteroatoms. The molecule has 0 saturated heterocycles. The monoisotopic (exact) mass is 398 g/mol. The molecule has 0 aliphatic rings. The summed E-state index contributed by atoms with van der Waals surface area (Å²) in [5, 5.41) is 10.4. The van der Waals surface area contributed by atoms with Crippen LogP contribution in [-0.2, 0) is 11.8 Å². The second kappa shape index (κ2) is 7.61. The smallest absolute Gasteiger partial charge is 0.282 e. The maximum atomic E-state index is 12.0. The number of halogens is 2. The van der Waals surface area contributed by atoms with Crippen molar-refractivity contribution in [2.75, 3.05) is 17.2 Å². The number of aryl methyl sites for hydroxylation is 1. The molecule has 1 heterocycles. The number of benzene rings is 1. The van der Waals surface area contributed by atoms with Crippen LogP contribution in [0.15, 0.2) is 33.7 Å². The van der Waals surface area contributed by atoms with Gasteiger partial charge >= 0.3 is 0 Å². The van der Waals surface area contributed by atoms with Crippen LogP contribution < -0.4 is 16.2 Å². The number of nitrogens with zero attached hydrogens (tertiary/aromatic N) is 2. The molecule has 0 radical (unpaired) electrons. The van der Waals surface area contributed by atoms with E-state index in [0.717, 1.165) is 5.56 Å². The first kappa shape index (κ1) is 17.5. The summed E-state index contributed by atoms with van der Waals surface area (Å²) >= 11 is 9.24. The van der Waals surface area contributed by atoms with Crippen molar-refractivity contribution < 1.29 is 4.79 Å². The Labute approximate surface area is 147 Å². The van der Waals surface area contributed by atoms with E-state index >= 15 is 0 Å². The molecule has 0 atom stereocenters. The Kier molecular flexibility index (Phi) is 5.79. The summed E-state index contributed by atoms with van der Waals surface area (Å²) in [5.41, 5.74) is 1.83. The third-order valence-electron chi connectivity index (χ3n) is 3.29. The average molecular weight is 400 g/mol. The summed E-state index contributed by atoms with van der Waals surface area (Å²) in [4.78, 5) is 23.7. The van der Waals surface area contributed by atoms with Gasteiger partial charge in [0.05, 0.1) is 11.9 Å². The summed E-state index contributed by atoms with van der Waals surface area (Å²) in [7, 11) is 1.57. The first-order valence-electron chi connectivity index (χ1n) is 6.91. The lowest BCUT2D eigenvalue weighted by atomic mass is 10.2. The lowest BCUT2D eigenvalue weighted by Crippen LogP contribution is -2.22. The summed E-state index contributed by atoms with van der Waals surface area (Å²) < 4.78 is 1.62. The Morgan fingerprint density at radius 1 is 1.39 bits per heavy atom. The zero-order valence-corrected chi connectivity index (χ0v) is 15.0. The molecule has 1 aromatic heterocycles. The van der Waals surface area contributed by atoms with Gasteiger partial charge < -0.3 is 10.6 Å². The fraction of sp³-hybridized carbons (Fsp3) is 0.267. The van der Waals surface area contributed by atoms with E-state index in [1.807, 2.05) is 6.92 Å². The van der Waals surface area contributed by atoms with Gasteiger partial charge in [0.25, 0.3) is 5.56 Å². The first-order chi connectivity index (χ1) is 10.9. The molecule has 6 nitrogen and oxygen atoms in total. The van der Waals surface area contributed by atoms with E-state index in [1.54, 1.807) is 25.2 Å². The minimum atomic E-state index is -0.242. The largest absolute Gasteiger partial charge is 0.382 e. The fourth-order valence-electron chi connectivity index (χ4n) is 1.90. The van der Waals surface area contributed by atoms with Crippen LogP contribution in [0.5, 0.6) is 0 Å². The van der Waals surface area contributed by atoms with Crippen LogP contribution in [0.4, 0.5) is 11.4 Å². The van der Waals surface area contributed by atoms with Gasteiger partial charge in [0.2, 0.25) is 5.91 Å². The number of carbonyl (C=O) groups is 1. The van der Waals surface area contributed by atoms with Crippen molar-refractivity contribution in [1.29, 1.82) is 0 Å². The van der Waals surface area contributed by atoms with Crippen molar-refractivity contribution in [1.82, 2.24) is 9.78 Å². The molecule has 1 aromatic carbocycles. The van der Waals surface area contributed by atoms with Gasteiger partial charge in [-0.3, -0.25) is 9.59 Å². The SMILES string of the molecule is Cc1c(Cl)cccc1NC(=O)CCNc1cnn(C)c(=O)c1Br. The van der Waals surface area contributed by atoms with Crippen LogP contribution in [0.25, 0.3) is 0 Å². The van der Waals surface area contributed by atoms with E-state index in [1.165, 1.54) is 10.9 Å². The number of aromatic nitrogens is 2. The second-order valence-corrected chi connectivity index (χ2v) is 6.14. The topological polar surface area (TPSA) is 76.0 Å². The van der Waals surface area contributed by atoms with Gasteiger partial charge in [-0.2, -0.15) is 5.10 Å². The van der Waals surface area contributed by atoms with Gasteiger partial charge in [-0.25, -0.2) is 4.68 Å². The predicted molar refractivity (Wildman–Crippen MR) is 95.1 cm³/mol. The Hall–Kier alpha value is -1.86. The Morgan fingerprint density at radius 2 is 2.13 bits per heavy atom. The van der Waals surface area contributed by atoms with Crippen LogP contribution >= 0.6 is 27.5 Å². The predicted octanol–water partition coefficient (Wildman–Crippen LogP) is 2.95. The van der Waals surface area contributed by atoms with Crippen molar-refractivity contribution in [3.05, 3.63) is 49.8 Å². The summed E-state index contributed by atoms with van der Waals surface area (Å²) in [6.45, 7) is 2.22. The molecule has 0 unspecified atom stereocenters. The number of rotatable bonds is 5. The molecular formula is C15H16BrClN4O2. The molecule has 122 valence electrons. The highest BCUT2D eigenvalue weighted by molar-refractivity contribution is 9.10. The molecular weight excluding hydrogens is 384 g/mol. The molecule has 1 amide bonds. The van der Waals surface area contributed by atoms with E-state index in [4.69, 9.17) is 11.6 Å². The summed E-state index contributed by atoms with van der Waals surface area (Å²) in [5.74, 6) is -0.143. The van der Waals surface area contributed by atoms with E-state index in [9.17, 15) is 9.59 Å².